The molecule has 1 rings (SSSR count). The minimum Gasteiger partial charge on any atom is -0.356 e. The molecule has 1 aromatic rings. The Morgan fingerprint density at radius 1 is 1.42 bits per heavy atom. The van der Waals surface area contributed by atoms with E-state index in [0.717, 1.165) is 18.4 Å². The van der Waals surface area contributed by atoms with Crippen molar-refractivity contribution < 1.29 is 9.18 Å². The summed E-state index contributed by atoms with van der Waals surface area (Å²) in [5.74, 6) is 0.304. The fraction of sp³-hybridized carbons (Fsp3) is 0.533. The molecule has 106 valence electrons. The average molecular weight is 266 g/mol. The van der Waals surface area contributed by atoms with Crippen LogP contribution in [0.2, 0.25) is 0 Å². The van der Waals surface area contributed by atoms with E-state index in [1.165, 1.54) is 12.1 Å². The monoisotopic (exact) mass is 266 g/mol. The summed E-state index contributed by atoms with van der Waals surface area (Å²) in [6.45, 7) is 3.32. The number of carbonyl (C=O) groups excluding carboxylic acids is 1. The van der Waals surface area contributed by atoms with Crippen molar-refractivity contribution >= 4 is 5.91 Å². The molecule has 3 nitrogen and oxygen atoms in total. The number of halogens is 1. The second-order valence-corrected chi connectivity index (χ2v) is 4.95. The van der Waals surface area contributed by atoms with Crippen molar-refractivity contribution in [3.63, 3.8) is 0 Å². The van der Waals surface area contributed by atoms with Crippen molar-refractivity contribution in [1.29, 1.82) is 0 Å². The molecule has 0 saturated heterocycles. The third kappa shape index (κ3) is 6.91. The van der Waals surface area contributed by atoms with Crippen LogP contribution in [0, 0.1) is 11.7 Å². The SMILES string of the molecule is CC(CCN)CCC(=O)NCCc1cccc(F)c1. The number of rotatable bonds is 8. The summed E-state index contributed by atoms with van der Waals surface area (Å²) < 4.78 is 12.9. The van der Waals surface area contributed by atoms with Gasteiger partial charge in [0.05, 0.1) is 0 Å². The zero-order valence-corrected chi connectivity index (χ0v) is 11.5. The van der Waals surface area contributed by atoms with Gasteiger partial charge in [-0.2, -0.15) is 0 Å². The number of amides is 1. The Labute approximate surface area is 114 Å². The molecule has 1 amide bonds. The number of nitrogens with two attached hydrogens (primary N) is 1. The minimum atomic E-state index is -0.237. The first-order valence-corrected chi connectivity index (χ1v) is 6.83. The van der Waals surface area contributed by atoms with E-state index in [4.69, 9.17) is 5.73 Å². The summed E-state index contributed by atoms with van der Waals surface area (Å²) in [7, 11) is 0. The maximum atomic E-state index is 12.9. The van der Waals surface area contributed by atoms with E-state index in [0.29, 0.717) is 31.8 Å². The van der Waals surface area contributed by atoms with Gasteiger partial charge in [-0.3, -0.25) is 4.79 Å². The Balaban J connectivity index is 2.17. The van der Waals surface area contributed by atoms with Crippen LogP contribution in [0.4, 0.5) is 4.39 Å². The van der Waals surface area contributed by atoms with E-state index in [1.807, 2.05) is 6.07 Å². The van der Waals surface area contributed by atoms with E-state index in [-0.39, 0.29) is 11.7 Å². The van der Waals surface area contributed by atoms with Crippen LogP contribution in [0.3, 0.4) is 0 Å². The molecule has 0 spiro atoms. The van der Waals surface area contributed by atoms with Crippen molar-refractivity contribution in [3.05, 3.63) is 35.6 Å². The molecule has 0 radical (unpaired) electrons. The number of carbonyl (C=O) groups is 1. The van der Waals surface area contributed by atoms with Gasteiger partial charge in [0.2, 0.25) is 5.91 Å². The van der Waals surface area contributed by atoms with Crippen LogP contribution in [-0.4, -0.2) is 19.0 Å². The lowest BCUT2D eigenvalue weighted by Crippen LogP contribution is -2.26. The summed E-state index contributed by atoms with van der Waals surface area (Å²) >= 11 is 0. The first-order chi connectivity index (χ1) is 9.11. The molecule has 0 fully saturated rings. The van der Waals surface area contributed by atoms with Crippen molar-refractivity contribution in [2.75, 3.05) is 13.1 Å². The molecule has 0 aliphatic rings. The van der Waals surface area contributed by atoms with Crippen LogP contribution in [0.15, 0.2) is 24.3 Å². The molecular weight excluding hydrogens is 243 g/mol. The van der Waals surface area contributed by atoms with Crippen molar-refractivity contribution in [2.45, 2.75) is 32.6 Å². The van der Waals surface area contributed by atoms with Crippen LogP contribution in [0.1, 0.15) is 31.7 Å². The number of benzene rings is 1. The Morgan fingerprint density at radius 3 is 2.89 bits per heavy atom. The van der Waals surface area contributed by atoms with Crippen molar-refractivity contribution in [3.8, 4) is 0 Å². The Bertz CT molecular complexity index is 395. The summed E-state index contributed by atoms with van der Waals surface area (Å²) in [6, 6.07) is 6.45. The number of hydrogen-bond donors (Lipinski definition) is 2. The molecule has 0 saturated carbocycles. The molecule has 0 aliphatic carbocycles. The molecule has 0 aromatic heterocycles. The topological polar surface area (TPSA) is 55.1 Å². The molecule has 4 heteroatoms. The lowest BCUT2D eigenvalue weighted by Gasteiger charge is -2.10. The lowest BCUT2D eigenvalue weighted by molar-refractivity contribution is -0.121. The maximum absolute atomic E-state index is 12.9. The predicted octanol–water partition coefficient (Wildman–Crippen LogP) is 2.25. The second kappa shape index (κ2) is 8.64. The lowest BCUT2D eigenvalue weighted by atomic mass is 10.0. The molecular formula is C15H23FN2O. The zero-order valence-electron chi connectivity index (χ0n) is 11.5. The van der Waals surface area contributed by atoms with Gasteiger partial charge in [-0.05, 0) is 49.4 Å². The normalized spacial score (nSPS) is 12.2. The van der Waals surface area contributed by atoms with Crippen LogP contribution in [0.5, 0.6) is 0 Å². The fourth-order valence-electron chi connectivity index (χ4n) is 1.93. The van der Waals surface area contributed by atoms with Gasteiger partial charge in [-0.1, -0.05) is 19.1 Å². The van der Waals surface area contributed by atoms with Gasteiger partial charge in [-0.25, -0.2) is 4.39 Å². The Kier molecular flexibility index (Phi) is 7.11. The smallest absolute Gasteiger partial charge is 0.220 e. The molecule has 1 atom stereocenters. The number of hydrogen-bond acceptors (Lipinski definition) is 2. The molecule has 1 unspecified atom stereocenters. The van der Waals surface area contributed by atoms with Gasteiger partial charge < -0.3 is 11.1 Å². The summed E-state index contributed by atoms with van der Waals surface area (Å²) in [6.07, 6.45) is 3.01. The molecule has 3 N–H and O–H groups in total. The van der Waals surface area contributed by atoms with Crippen LogP contribution in [-0.2, 0) is 11.2 Å². The second-order valence-electron chi connectivity index (χ2n) is 4.95. The third-order valence-corrected chi connectivity index (χ3v) is 3.15. The highest BCUT2D eigenvalue weighted by molar-refractivity contribution is 5.75. The maximum Gasteiger partial charge on any atom is 0.220 e. The standard InChI is InChI=1S/C15H23FN2O/c1-12(7-9-17)5-6-15(19)18-10-8-13-3-2-4-14(16)11-13/h2-4,11-12H,5-10,17H2,1H3,(H,18,19). The number of nitrogens with one attached hydrogen (secondary N) is 1. The van der Waals surface area contributed by atoms with Gasteiger partial charge >= 0.3 is 0 Å². The van der Waals surface area contributed by atoms with Crippen LogP contribution >= 0.6 is 0 Å². The van der Waals surface area contributed by atoms with Gasteiger partial charge in [0.25, 0.3) is 0 Å². The highest BCUT2D eigenvalue weighted by Gasteiger charge is 2.05. The summed E-state index contributed by atoms with van der Waals surface area (Å²) in [4.78, 5) is 11.6. The molecule has 1 aromatic carbocycles. The fourth-order valence-corrected chi connectivity index (χ4v) is 1.93. The third-order valence-electron chi connectivity index (χ3n) is 3.15. The van der Waals surface area contributed by atoms with E-state index < -0.39 is 0 Å². The minimum absolute atomic E-state index is 0.0558. The van der Waals surface area contributed by atoms with Gasteiger partial charge in [-0.15, -0.1) is 0 Å². The van der Waals surface area contributed by atoms with Gasteiger partial charge in [0.15, 0.2) is 0 Å². The first-order valence-electron chi connectivity index (χ1n) is 6.83. The molecule has 0 heterocycles. The van der Waals surface area contributed by atoms with Crippen molar-refractivity contribution in [1.82, 2.24) is 5.32 Å². The van der Waals surface area contributed by atoms with E-state index >= 15 is 0 Å². The van der Waals surface area contributed by atoms with Gasteiger partial charge in [0.1, 0.15) is 5.82 Å². The first kappa shape index (κ1) is 15.6. The zero-order chi connectivity index (χ0) is 14.1. The quantitative estimate of drug-likeness (QED) is 0.758. The largest absolute Gasteiger partial charge is 0.356 e. The van der Waals surface area contributed by atoms with Crippen LogP contribution in [0.25, 0.3) is 0 Å². The Morgan fingerprint density at radius 2 is 2.21 bits per heavy atom. The highest BCUT2D eigenvalue weighted by Crippen LogP contribution is 2.08. The van der Waals surface area contributed by atoms with Crippen LogP contribution < -0.4 is 11.1 Å². The van der Waals surface area contributed by atoms with Gasteiger partial charge in [0, 0.05) is 13.0 Å². The van der Waals surface area contributed by atoms with E-state index in [9.17, 15) is 9.18 Å². The summed E-state index contributed by atoms with van der Waals surface area (Å²) in [5, 5.41) is 2.86. The summed E-state index contributed by atoms with van der Waals surface area (Å²) in [5.41, 5.74) is 6.36. The Hall–Kier alpha value is -1.42. The average Bonchev–Trinajstić information content (AvgIpc) is 2.37. The highest BCUT2D eigenvalue weighted by atomic mass is 19.1. The molecule has 0 aliphatic heterocycles. The van der Waals surface area contributed by atoms with E-state index in [1.54, 1.807) is 6.07 Å². The molecule has 0 bridgehead atoms. The van der Waals surface area contributed by atoms with Crippen molar-refractivity contribution in [2.24, 2.45) is 11.7 Å². The predicted molar refractivity (Wildman–Crippen MR) is 75.2 cm³/mol. The van der Waals surface area contributed by atoms with E-state index in [2.05, 4.69) is 12.2 Å². The molecule has 19 heavy (non-hydrogen) atoms.